The number of carbonyl (C=O) groups excluding carboxylic acids is 1. The van der Waals surface area contributed by atoms with Crippen LogP contribution in [0.2, 0.25) is 0 Å². The third kappa shape index (κ3) is 6.20. The number of nitro groups is 1. The third-order valence-electron chi connectivity index (χ3n) is 2.96. The Morgan fingerprint density at radius 3 is 2.21 bits per heavy atom. The summed E-state index contributed by atoms with van der Waals surface area (Å²) in [6.45, 7) is 0.859. The van der Waals surface area contributed by atoms with E-state index in [2.05, 4.69) is 10.6 Å². The van der Waals surface area contributed by atoms with E-state index in [1.54, 1.807) is 0 Å². The highest BCUT2D eigenvalue weighted by atomic mass is 19.4. The Balaban J connectivity index is 0.000000351. The lowest BCUT2D eigenvalue weighted by Gasteiger charge is -2.10. The van der Waals surface area contributed by atoms with Gasteiger partial charge in [0.2, 0.25) is 5.91 Å². The molecule has 2 rings (SSSR count). The number of carboxylic acid groups (broad SMARTS) is 1. The van der Waals surface area contributed by atoms with E-state index in [4.69, 9.17) is 9.90 Å². The van der Waals surface area contributed by atoms with Crippen molar-refractivity contribution in [3.63, 3.8) is 0 Å². The van der Waals surface area contributed by atoms with E-state index in [9.17, 15) is 28.1 Å². The summed E-state index contributed by atoms with van der Waals surface area (Å²) < 4.78 is 31.7. The molecule has 0 unspecified atom stereocenters. The van der Waals surface area contributed by atoms with Gasteiger partial charge in [-0.2, -0.15) is 13.2 Å². The van der Waals surface area contributed by atoms with Crippen LogP contribution in [0, 0.1) is 10.1 Å². The van der Waals surface area contributed by atoms with E-state index < -0.39 is 17.1 Å². The van der Waals surface area contributed by atoms with Crippen molar-refractivity contribution in [3.05, 3.63) is 34.4 Å². The maximum atomic E-state index is 11.7. The van der Waals surface area contributed by atoms with Gasteiger partial charge >= 0.3 is 12.1 Å². The molecular weight excluding hydrogens is 335 g/mol. The second-order valence-electron chi connectivity index (χ2n) is 4.75. The summed E-state index contributed by atoms with van der Waals surface area (Å²) in [5.74, 6) is -2.84. The number of aliphatic carboxylic acids is 1. The Morgan fingerprint density at radius 1 is 1.29 bits per heavy atom. The van der Waals surface area contributed by atoms with Crippen LogP contribution in [0.25, 0.3) is 0 Å². The first-order valence-electron chi connectivity index (χ1n) is 6.70. The van der Waals surface area contributed by atoms with Gasteiger partial charge in [-0.25, -0.2) is 4.79 Å². The lowest BCUT2D eigenvalue weighted by molar-refractivity contribution is -0.384. The molecule has 24 heavy (non-hydrogen) atoms. The van der Waals surface area contributed by atoms with Crippen molar-refractivity contribution >= 4 is 23.3 Å². The molecule has 1 heterocycles. The molecule has 0 bridgehead atoms. The number of hydrogen-bond donors (Lipinski definition) is 3. The van der Waals surface area contributed by atoms with Crippen LogP contribution in [0.3, 0.4) is 0 Å². The van der Waals surface area contributed by atoms with Crippen molar-refractivity contribution in [2.24, 2.45) is 0 Å². The molecule has 11 heteroatoms. The van der Waals surface area contributed by atoms with Gasteiger partial charge in [0, 0.05) is 17.8 Å². The first-order chi connectivity index (χ1) is 11.1. The van der Waals surface area contributed by atoms with Gasteiger partial charge in [-0.3, -0.25) is 14.9 Å². The Hall–Kier alpha value is -2.69. The molecule has 132 valence electrons. The lowest BCUT2D eigenvalue weighted by atomic mass is 10.2. The van der Waals surface area contributed by atoms with Crippen molar-refractivity contribution in [2.45, 2.75) is 25.1 Å². The molecule has 1 saturated heterocycles. The van der Waals surface area contributed by atoms with Crippen LogP contribution in [-0.4, -0.2) is 40.7 Å². The van der Waals surface area contributed by atoms with E-state index in [0.717, 1.165) is 19.4 Å². The van der Waals surface area contributed by atoms with Gasteiger partial charge in [-0.05, 0) is 31.5 Å². The summed E-state index contributed by atoms with van der Waals surface area (Å²) in [7, 11) is 0. The molecule has 1 aliphatic rings. The number of alkyl halides is 3. The predicted molar refractivity (Wildman–Crippen MR) is 76.4 cm³/mol. The van der Waals surface area contributed by atoms with Crippen molar-refractivity contribution < 1.29 is 32.8 Å². The molecule has 0 saturated carbocycles. The summed E-state index contributed by atoms with van der Waals surface area (Å²) in [5, 5.41) is 23.4. The number of benzene rings is 1. The summed E-state index contributed by atoms with van der Waals surface area (Å²) in [5.41, 5.74) is 0.594. The number of rotatable bonds is 3. The number of anilines is 1. The minimum absolute atomic E-state index is 0.0157. The van der Waals surface area contributed by atoms with Crippen molar-refractivity contribution in [1.82, 2.24) is 5.32 Å². The number of halogens is 3. The van der Waals surface area contributed by atoms with E-state index in [1.165, 1.54) is 24.3 Å². The van der Waals surface area contributed by atoms with E-state index in [1.807, 2.05) is 0 Å². The summed E-state index contributed by atoms with van der Waals surface area (Å²) >= 11 is 0. The second-order valence-corrected chi connectivity index (χ2v) is 4.75. The largest absolute Gasteiger partial charge is 0.490 e. The molecule has 1 aromatic rings. The zero-order chi connectivity index (χ0) is 18.3. The highest BCUT2D eigenvalue weighted by molar-refractivity contribution is 5.95. The quantitative estimate of drug-likeness (QED) is 0.566. The Labute approximate surface area is 133 Å². The number of amides is 1. The third-order valence-corrected chi connectivity index (χ3v) is 2.96. The highest BCUT2D eigenvalue weighted by Crippen LogP contribution is 2.16. The van der Waals surface area contributed by atoms with Crippen LogP contribution < -0.4 is 10.6 Å². The molecule has 1 atom stereocenters. The van der Waals surface area contributed by atoms with Crippen LogP contribution in [0.15, 0.2) is 24.3 Å². The van der Waals surface area contributed by atoms with Gasteiger partial charge in [-0.1, -0.05) is 0 Å². The highest BCUT2D eigenvalue weighted by Gasteiger charge is 2.38. The molecule has 0 aliphatic carbocycles. The van der Waals surface area contributed by atoms with Crippen LogP contribution in [0.4, 0.5) is 24.5 Å². The fourth-order valence-corrected chi connectivity index (χ4v) is 1.80. The Morgan fingerprint density at radius 2 is 1.83 bits per heavy atom. The number of nitro benzene ring substituents is 1. The van der Waals surface area contributed by atoms with Gasteiger partial charge in [-0.15, -0.1) is 0 Å². The van der Waals surface area contributed by atoms with Crippen LogP contribution >= 0.6 is 0 Å². The first kappa shape index (κ1) is 19.4. The lowest BCUT2D eigenvalue weighted by Crippen LogP contribution is -2.35. The van der Waals surface area contributed by atoms with Crippen LogP contribution in [0.5, 0.6) is 0 Å². The number of hydrogen-bond acceptors (Lipinski definition) is 5. The summed E-state index contributed by atoms with van der Waals surface area (Å²) in [6, 6.07) is 5.66. The van der Waals surface area contributed by atoms with E-state index in [-0.39, 0.29) is 17.6 Å². The molecule has 8 nitrogen and oxygen atoms in total. The molecule has 0 spiro atoms. The molecule has 1 amide bonds. The van der Waals surface area contributed by atoms with E-state index in [0.29, 0.717) is 5.69 Å². The fraction of sp³-hybridized carbons (Fsp3) is 0.385. The monoisotopic (exact) mass is 349 g/mol. The molecule has 3 N–H and O–H groups in total. The number of nitrogens with one attached hydrogen (secondary N) is 2. The van der Waals surface area contributed by atoms with Gasteiger partial charge in [0.05, 0.1) is 11.0 Å². The van der Waals surface area contributed by atoms with Crippen LogP contribution in [0.1, 0.15) is 12.8 Å². The predicted octanol–water partition coefficient (Wildman–Crippen LogP) is 1.92. The molecule has 0 radical (unpaired) electrons. The molecule has 1 aliphatic heterocycles. The topological polar surface area (TPSA) is 122 Å². The molecular formula is C13H14F3N3O5. The van der Waals surface area contributed by atoms with Gasteiger partial charge in [0.25, 0.3) is 5.69 Å². The Bertz CT molecular complexity index is 598. The van der Waals surface area contributed by atoms with E-state index >= 15 is 0 Å². The standard InChI is InChI=1S/C11H13N3O3.C2HF3O2/c15-11(10-2-1-7-12-10)13-8-3-5-9(6-4-8)14(16)17;3-2(4,5)1(6)7/h3-6,10,12H,1-2,7H2,(H,13,15);(H,6,7)/t10-;/m1./s1. The SMILES string of the molecule is O=C(Nc1ccc([N+](=O)[O-])cc1)[C@H]1CCCN1.O=C(O)C(F)(F)F. The molecule has 1 aromatic carbocycles. The molecule has 1 fully saturated rings. The fourth-order valence-electron chi connectivity index (χ4n) is 1.80. The van der Waals surface area contributed by atoms with Crippen LogP contribution in [-0.2, 0) is 9.59 Å². The zero-order valence-corrected chi connectivity index (χ0v) is 12.2. The average Bonchev–Trinajstić information content (AvgIpc) is 3.01. The zero-order valence-electron chi connectivity index (χ0n) is 12.2. The van der Waals surface area contributed by atoms with Gasteiger partial charge < -0.3 is 15.7 Å². The van der Waals surface area contributed by atoms with Gasteiger partial charge in [0.15, 0.2) is 0 Å². The summed E-state index contributed by atoms with van der Waals surface area (Å²) in [4.78, 5) is 30.6. The number of carbonyl (C=O) groups is 2. The number of carboxylic acids is 1. The van der Waals surface area contributed by atoms with Crippen molar-refractivity contribution in [3.8, 4) is 0 Å². The second kappa shape index (κ2) is 8.24. The number of nitrogens with zero attached hydrogens (tertiary/aromatic N) is 1. The average molecular weight is 349 g/mol. The minimum atomic E-state index is -5.08. The Kier molecular flexibility index (Phi) is 6.65. The van der Waals surface area contributed by atoms with Crippen molar-refractivity contribution in [2.75, 3.05) is 11.9 Å². The van der Waals surface area contributed by atoms with Gasteiger partial charge in [0.1, 0.15) is 0 Å². The molecule has 0 aromatic heterocycles. The minimum Gasteiger partial charge on any atom is -0.475 e. The number of non-ortho nitro benzene ring substituents is 1. The smallest absolute Gasteiger partial charge is 0.475 e. The maximum absolute atomic E-state index is 11.7. The first-order valence-corrected chi connectivity index (χ1v) is 6.70. The summed E-state index contributed by atoms with van der Waals surface area (Å²) in [6.07, 6.45) is -3.25. The normalized spacial score (nSPS) is 16.7. The van der Waals surface area contributed by atoms with Crippen molar-refractivity contribution in [1.29, 1.82) is 0 Å². The maximum Gasteiger partial charge on any atom is 0.490 e.